The number of aromatic nitrogens is 1. The topological polar surface area (TPSA) is 77.6 Å². The Morgan fingerprint density at radius 3 is 2.87 bits per heavy atom. The molecule has 1 fully saturated rings. The van der Waals surface area contributed by atoms with Crippen LogP contribution in [0.2, 0.25) is 0 Å². The van der Waals surface area contributed by atoms with Gasteiger partial charge in [-0.3, -0.25) is 9.69 Å². The van der Waals surface area contributed by atoms with Crippen molar-refractivity contribution in [2.75, 3.05) is 31.5 Å². The normalized spacial score (nSPS) is 20.0. The minimum atomic E-state index is -0.191. The number of carbonyl (C=O) groups excluding carboxylic acids is 2. The Hall–Kier alpha value is -2.45. The number of nitrogens with one attached hydrogen (secondary N) is 2. The molecule has 0 spiro atoms. The molecule has 2 N–H and O–H groups in total. The molecule has 7 nitrogen and oxygen atoms in total. The lowest BCUT2D eigenvalue weighted by molar-refractivity contribution is -0.121. The van der Waals surface area contributed by atoms with Crippen molar-refractivity contribution in [1.82, 2.24) is 20.1 Å². The number of carbonyl (C=O) groups is 2. The summed E-state index contributed by atoms with van der Waals surface area (Å²) >= 11 is 1.40. The number of urea groups is 1. The molecule has 8 heteroatoms. The molecule has 1 aromatic carbocycles. The lowest BCUT2D eigenvalue weighted by Gasteiger charge is -2.36. The van der Waals surface area contributed by atoms with Crippen LogP contribution in [0.4, 0.5) is 9.93 Å². The third-order valence-electron chi connectivity index (χ3n) is 6.38. The summed E-state index contributed by atoms with van der Waals surface area (Å²) in [5.41, 5.74) is 2.83. The molecule has 4 rings (SSSR count). The highest BCUT2D eigenvalue weighted by Crippen LogP contribution is 2.22. The highest BCUT2D eigenvalue weighted by molar-refractivity contribution is 7.13. The minimum absolute atomic E-state index is 0.0501. The predicted molar refractivity (Wildman–Crippen MR) is 123 cm³/mol. The Kier molecular flexibility index (Phi) is 7.19. The third kappa shape index (κ3) is 5.43. The van der Waals surface area contributed by atoms with Crippen LogP contribution in [-0.4, -0.2) is 58.9 Å². The maximum absolute atomic E-state index is 12.8. The SMILES string of the molecule is CCC(CNC(=O)N1CCCC(C(=O)Nc2nccs2)C1)N1CCc2ccccc2C1. The van der Waals surface area contributed by atoms with Crippen LogP contribution in [0, 0.1) is 5.92 Å². The van der Waals surface area contributed by atoms with Crippen molar-refractivity contribution in [2.24, 2.45) is 5.92 Å². The van der Waals surface area contributed by atoms with Crippen molar-refractivity contribution in [3.63, 3.8) is 0 Å². The maximum Gasteiger partial charge on any atom is 0.317 e. The van der Waals surface area contributed by atoms with E-state index in [4.69, 9.17) is 0 Å². The fourth-order valence-electron chi connectivity index (χ4n) is 4.55. The summed E-state index contributed by atoms with van der Waals surface area (Å²) in [4.78, 5) is 33.8. The number of rotatable bonds is 6. The maximum atomic E-state index is 12.8. The largest absolute Gasteiger partial charge is 0.336 e. The van der Waals surface area contributed by atoms with E-state index in [0.717, 1.165) is 38.8 Å². The van der Waals surface area contributed by atoms with Gasteiger partial charge in [0.1, 0.15) is 0 Å². The average molecular weight is 442 g/mol. The van der Waals surface area contributed by atoms with Gasteiger partial charge in [0.2, 0.25) is 5.91 Å². The number of anilines is 1. The second-order valence-corrected chi connectivity index (χ2v) is 9.24. The molecule has 3 amide bonds. The molecular weight excluding hydrogens is 410 g/mol. The lowest BCUT2D eigenvalue weighted by atomic mass is 9.97. The van der Waals surface area contributed by atoms with Gasteiger partial charge >= 0.3 is 6.03 Å². The van der Waals surface area contributed by atoms with Crippen LogP contribution in [0.1, 0.15) is 37.3 Å². The number of hydrogen-bond donors (Lipinski definition) is 2. The summed E-state index contributed by atoms with van der Waals surface area (Å²) in [6, 6.07) is 8.87. The smallest absolute Gasteiger partial charge is 0.317 e. The zero-order valence-corrected chi connectivity index (χ0v) is 18.9. The number of benzene rings is 1. The van der Waals surface area contributed by atoms with Crippen LogP contribution >= 0.6 is 11.3 Å². The second kappa shape index (κ2) is 10.2. The number of likely N-dealkylation sites (tertiary alicyclic amines) is 1. The van der Waals surface area contributed by atoms with Gasteiger partial charge in [-0.05, 0) is 36.8 Å². The summed E-state index contributed by atoms with van der Waals surface area (Å²) in [6.07, 6.45) is 5.35. The molecule has 0 aliphatic carbocycles. The van der Waals surface area contributed by atoms with Crippen molar-refractivity contribution >= 4 is 28.4 Å². The van der Waals surface area contributed by atoms with Crippen LogP contribution in [0.15, 0.2) is 35.8 Å². The molecule has 2 aliphatic rings. The molecule has 2 aliphatic heterocycles. The van der Waals surface area contributed by atoms with Gasteiger partial charge in [-0.15, -0.1) is 11.3 Å². The first kappa shape index (κ1) is 21.8. The quantitative estimate of drug-likeness (QED) is 0.721. The summed E-state index contributed by atoms with van der Waals surface area (Å²) in [7, 11) is 0. The Morgan fingerprint density at radius 2 is 2.10 bits per heavy atom. The molecule has 0 bridgehead atoms. The first-order chi connectivity index (χ1) is 15.1. The summed E-state index contributed by atoms with van der Waals surface area (Å²) in [5, 5.41) is 8.44. The molecule has 2 aromatic rings. The lowest BCUT2D eigenvalue weighted by Crippen LogP contribution is -2.51. The molecule has 31 heavy (non-hydrogen) atoms. The molecule has 1 aromatic heterocycles. The van der Waals surface area contributed by atoms with E-state index < -0.39 is 0 Å². The number of thiazole rings is 1. The molecular formula is C23H31N5O2S. The van der Waals surface area contributed by atoms with E-state index in [1.165, 1.54) is 22.5 Å². The average Bonchev–Trinajstić information content (AvgIpc) is 3.32. The van der Waals surface area contributed by atoms with Crippen molar-refractivity contribution < 1.29 is 9.59 Å². The Labute approximate surface area is 187 Å². The van der Waals surface area contributed by atoms with Gasteiger partial charge in [0, 0.05) is 50.3 Å². The Balaban J connectivity index is 1.28. The van der Waals surface area contributed by atoms with E-state index in [1.54, 1.807) is 11.1 Å². The van der Waals surface area contributed by atoms with E-state index in [0.29, 0.717) is 30.8 Å². The highest BCUT2D eigenvalue weighted by atomic mass is 32.1. The van der Waals surface area contributed by atoms with Crippen LogP contribution in [-0.2, 0) is 17.8 Å². The van der Waals surface area contributed by atoms with E-state index in [9.17, 15) is 9.59 Å². The third-order valence-corrected chi connectivity index (χ3v) is 7.07. The van der Waals surface area contributed by atoms with Gasteiger partial charge in [-0.2, -0.15) is 0 Å². The van der Waals surface area contributed by atoms with E-state index >= 15 is 0 Å². The summed E-state index contributed by atoms with van der Waals surface area (Å²) in [5.74, 6) is -0.241. The van der Waals surface area contributed by atoms with Crippen LogP contribution in [0.25, 0.3) is 0 Å². The van der Waals surface area contributed by atoms with Crippen molar-refractivity contribution in [3.8, 4) is 0 Å². The van der Waals surface area contributed by atoms with E-state index in [1.807, 2.05) is 5.38 Å². The van der Waals surface area contributed by atoms with Gasteiger partial charge in [0.25, 0.3) is 0 Å². The molecule has 0 saturated carbocycles. The van der Waals surface area contributed by atoms with Crippen LogP contribution < -0.4 is 10.6 Å². The number of amides is 3. The minimum Gasteiger partial charge on any atom is -0.336 e. The first-order valence-electron chi connectivity index (χ1n) is 11.2. The Morgan fingerprint density at radius 1 is 1.26 bits per heavy atom. The first-order valence-corrected chi connectivity index (χ1v) is 12.1. The van der Waals surface area contributed by atoms with Gasteiger partial charge in [0.05, 0.1) is 5.92 Å². The zero-order valence-electron chi connectivity index (χ0n) is 18.0. The molecule has 3 heterocycles. The predicted octanol–water partition coefficient (Wildman–Crippen LogP) is 3.34. The fourth-order valence-corrected chi connectivity index (χ4v) is 5.08. The van der Waals surface area contributed by atoms with Crippen molar-refractivity contribution in [3.05, 3.63) is 47.0 Å². The van der Waals surface area contributed by atoms with Gasteiger partial charge in [0.15, 0.2) is 5.13 Å². The van der Waals surface area contributed by atoms with Gasteiger partial charge in [-0.25, -0.2) is 9.78 Å². The van der Waals surface area contributed by atoms with Crippen molar-refractivity contribution in [2.45, 2.75) is 45.2 Å². The number of piperidine rings is 1. The van der Waals surface area contributed by atoms with Gasteiger partial charge in [-0.1, -0.05) is 31.2 Å². The molecule has 166 valence electrons. The Bertz CT molecular complexity index is 888. The number of nitrogens with zero attached hydrogens (tertiary/aromatic N) is 3. The summed E-state index contributed by atoms with van der Waals surface area (Å²) < 4.78 is 0. The molecule has 0 radical (unpaired) electrons. The van der Waals surface area contributed by atoms with E-state index in [2.05, 4.69) is 51.7 Å². The number of hydrogen-bond acceptors (Lipinski definition) is 5. The standard InChI is InChI=1S/C23H31N5O2S/c1-2-20(27-12-9-17-6-3-4-7-18(17)15-27)14-25-23(30)28-11-5-8-19(16-28)21(29)26-22-24-10-13-31-22/h3-4,6-7,10,13,19-20H,2,5,8-9,11-12,14-16H2,1H3,(H,25,30)(H,24,26,29). The molecule has 1 saturated heterocycles. The van der Waals surface area contributed by atoms with Gasteiger partial charge < -0.3 is 15.5 Å². The second-order valence-electron chi connectivity index (χ2n) is 8.35. The summed E-state index contributed by atoms with van der Waals surface area (Å²) in [6.45, 7) is 5.92. The van der Waals surface area contributed by atoms with Crippen LogP contribution in [0.3, 0.4) is 0 Å². The highest BCUT2D eigenvalue weighted by Gasteiger charge is 2.29. The number of fused-ring (bicyclic) bond motifs is 1. The molecule has 2 unspecified atom stereocenters. The fraction of sp³-hybridized carbons (Fsp3) is 0.522. The van der Waals surface area contributed by atoms with E-state index in [-0.39, 0.29) is 17.9 Å². The zero-order chi connectivity index (χ0) is 21.6. The van der Waals surface area contributed by atoms with Crippen molar-refractivity contribution in [1.29, 1.82) is 0 Å². The molecule has 2 atom stereocenters. The monoisotopic (exact) mass is 441 g/mol. The van der Waals surface area contributed by atoms with Crippen LogP contribution in [0.5, 0.6) is 0 Å².